The van der Waals surface area contributed by atoms with E-state index >= 15 is 0 Å². The van der Waals surface area contributed by atoms with E-state index in [0.29, 0.717) is 17.5 Å². The summed E-state index contributed by atoms with van der Waals surface area (Å²) in [6.07, 6.45) is 9.28. The van der Waals surface area contributed by atoms with Gasteiger partial charge in [-0.25, -0.2) is 15.0 Å². The minimum atomic E-state index is -0.548. The molecular formula is C50H37N5. The van der Waals surface area contributed by atoms with Gasteiger partial charge in [0.25, 0.3) is 0 Å². The van der Waals surface area contributed by atoms with Crippen molar-refractivity contribution in [3.05, 3.63) is 222 Å². The number of nitrogens with two attached hydrogens (primary N) is 1. The molecule has 1 aliphatic carbocycles. The molecule has 0 bridgehead atoms. The van der Waals surface area contributed by atoms with Gasteiger partial charge in [0.1, 0.15) is 0 Å². The lowest BCUT2D eigenvalue weighted by atomic mass is 9.67. The van der Waals surface area contributed by atoms with Crippen molar-refractivity contribution in [3.8, 4) is 56.4 Å². The van der Waals surface area contributed by atoms with Crippen molar-refractivity contribution in [1.82, 2.24) is 19.9 Å². The van der Waals surface area contributed by atoms with Crippen LogP contribution in [0.5, 0.6) is 0 Å². The number of pyridine rings is 1. The van der Waals surface area contributed by atoms with E-state index in [9.17, 15) is 0 Å². The Morgan fingerprint density at radius 2 is 1.11 bits per heavy atom. The Morgan fingerprint density at radius 3 is 1.80 bits per heavy atom. The summed E-state index contributed by atoms with van der Waals surface area (Å²) in [4.78, 5) is 20.1. The molecule has 0 radical (unpaired) electrons. The summed E-state index contributed by atoms with van der Waals surface area (Å²) in [5, 5.41) is 0. The number of allylic oxidation sites excluding steroid dienone is 3. The fourth-order valence-corrected chi connectivity index (χ4v) is 8.07. The zero-order chi connectivity index (χ0) is 37.2. The monoisotopic (exact) mass is 707 g/mol. The molecule has 2 heterocycles. The van der Waals surface area contributed by atoms with Gasteiger partial charge in [-0.15, -0.1) is 0 Å². The highest BCUT2D eigenvalue weighted by atomic mass is 15.0. The lowest BCUT2D eigenvalue weighted by molar-refractivity contribution is 0.768. The van der Waals surface area contributed by atoms with Crippen LogP contribution in [0.15, 0.2) is 195 Å². The van der Waals surface area contributed by atoms with E-state index in [2.05, 4.69) is 145 Å². The lowest BCUT2D eigenvalue weighted by Crippen LogP contribution is -2.28. The van der Waals surface area contributed by atoms with Crippen LogP contribution in [0.25, 0.3) is 62.0 Å². The van der Waals surface area contributed by atoms with Crippen LogP contribution >= 0.6 is 0 Å². The molecule has 8 aromatic rings. The first kappa shape index (κ1) is 33.6. The fourth-order valence-electron chi connectivity index (χ4n) is 8.07. The quantitative estimate of drug-likeness (QED) is 0.159. The Bertz CT molecular complexity index is 2680. The SMILES string of the molecule is C/C=C\C(=C/N)c1cccc(-c2nc(-c3cccc(-c4cccnc4)c3)nc(-c3cccc4c3-c3ccccc3C4(c3ccccc3)c3ccccc3)n2)c1. The second kappa shape index (κ2) is 14.3. The third-order valence-corrected chi connectivity index (χ3v) is 10.5. The van der Waals surface area contributed by atoms with Crippen molar-refractivity contribution in [2.75, 3.05) is 0 Å². The number of nitrogens with zero attached hydrogens (tertiary/aromatic N) is 4. The third kappa shape index (κ3) is 5.83. The van der Waals surface area contributed by atoms with Crippen molar-refractivity contribution in [1.29, 1.82) is 0 Å². The highest BCUT2D eigenvalue weighted by molar-refractivity contribution is 5.94. The summed E-state index contributed by atoms with van der Waals surface area (Å²) < 4.78 is 0. The first-order chi connectivity index (χ1) is 27.2. The summed E-state index contributed by atoms with van der Waals surface area (Å²) >= 11 is 0. The standard InChI is InChI=1S/C50H37N5/c1-2-15-38(32-51)34-16-11-18-36(30-34)47-53-48(37-19-12-17-35(31-37)39-20-14-29-52-33-39)55-49(54-47)43-26-13-28-45-46(43)42-25-9-10-27-44(42)50(45,40-21-5-3-6-22-40)41-23-7-4-8-24-41/h2-33H,51H2,1H3/b15-2-,38-32+. The molecule has 6 aromatic carbocycles. The summed E-state index contributed by atoms with van der Waals surface area (Å²) in [5.74, 6) is 1.76. The Kier molecular flexibility index (Phi) is 8.73. The molecule has 0 atom stereocenters. The van der Waals surface area contributed by atoms with Gasteiger partial charge >= 0.3 is 0 Å². The largest absolute Gasteiger partial charge is 0.404 e. The maximum Gasteiger partial charge on any atom is 0.164 e. The van der Waals surface area contributed by atoms with Gasteiger partial charge in [0.15, 0.2) is 17.5 Å². The van der Waals surface area contributed by atoms with Crippen molar-refractivity contribution < 1.29 is 0 Å². The fraction of sp³-hybridized carbons (Fsp3) is 0.0400. The molecule has 2 N–H and O–H groups in total. The summed E-state index contributed by atoms with van der Waals surface area (Å²) in [7, 11) is 0. The molecule has 0 saturated carbocycles. The van der Waals surface area contributed by atoms with Crippen LogP contribution in [0.3, 0.4) is 0 Å². The Balaban J connectivity index is 1.31. The summed E-state index contributed by atoms with van der Waals surface area (Å²) in [6, 6.07) is 57.5. The van der Waals surface area contributed by atoms with Gasteiger partial charge in [-0.2, -0.15) is 0 Å². The second-order valence-electron chi connectivity index (χ2n) is 13.6. The van der Waals surface area contributed by atoms with Gasteiger partial charge in [0.05, 0.1) is 5.41 Å². The number of fused-ring (bicyclic) bond motifs is 3. The van der Waals surface area contributed by atoms with Crippen LogP contribution < -0.4 is 5.73 Å². The molecule has 9 rings (SSSR count). The zero-order valence-electron chi connectivity index (χ0n) is 30.3. The van der Waals surface area contributed by atoms with Crippen LogP contribution in [0.2, 0.25) is 0 Å². The smallest absolute Gasteiger partial charge is 0.164 e. The Hall–Kier alpha value is -7.24. The molecule has 0 aliphatic heterocycles. The highest BCUT2D eigenvalue weighted by Gasteiger charge is 2.47. The number of hydrogen-bond donors (Lipinski definition) is 1. The van der Waals surface area contributed by atoms with Gasteiger partial charge in [-0.1, -0.05) is 158 Å². The third-order valence-electron chi connectivity index (χ3n) is 10.5. The van der Waals surface area contributed by atoms with Crippen LogP contribution in [0.1, 0.15) is 34.7 Å². The van der Waals surface area contributed by atoms with E-state index in [1.54, 1.807) is 12.4 Å². The second-order valence-corrected chi connectivity index (χ2v) is 13.6. The first-order valence-corrected chi connectivity index (χ1v) is 18.5. The van der Waals surface area contributed by atoms with E-state index in [1.165, 1.54) is 22.3 Å². The van der Waals surface area contributed by atoms with Crippen LogP contribution in [0, 0.1) is 0 Å². The molecule has 1 aliphatic rings. The van der Waals surface area contributed by atoms with E-state index in [4.69, 9.17) is 20.7 Å². The van der Waals surface area contributed by atoms with Crippen molar-refractivity contribution in [2.45, 2.75) is 12.3 Å². The predicted molar refractivity (Wildman–Crippen MR) is 224 cm³/mol. The van der Waals surface area contributed by atoms with Crippen molar-refractivity contribution >= 4 is 5.57 Å². The molecular weight excluding hydrogens is 671 g/mol. The maximum atomic E-state index is 6.08. The molecule has 0 amide bonds. The van der Waals surface area contributed by atoms with Crippen LogP contribution in [-0.4, -0.2) is 19.9 Å². The number of rotatable bonds is 8. The van der Waals surface area contributed by atoms with Crippen molar-refractivity contribution in [3.63, 3.8) is 0 Å². The molecule has 55 heavy (non-hydrogen) atoms. The van der Waals surface area contributed by atoms with E-state index in [-0.39, 0.29) is 0 Å². The average molecular weight is 708 g/mol. The van der Waals surface area contributed by atoms with E-state index in [1.807, 2.05) is 49.5 Å². The lowest BCUT2D eigenvalue weighted by Gasteiger charge is -2.33. The maximum absolute atomic E-state index is 6.08. The zero-order valence-corrected chi connectivity index (χ0v) is 30.3. The number of hydrogen-bond acceptors (Lipinski definition) is 5. The van der Waals surface area contributed by atoms with Gasteiger partial charge < -0.3 is 5.73 Å². The first-order valence-electron chi connectivity index (χ1n) is 18.5. The average Bonchev–Trinajstić information content (AvgIpc) is 3.58. The van der Waals surface area contributed by atoms with E-state index < -0.39 is 5.41 Å². The van der Waals surface area contributed by atoms with E-state index in [0.717, 1.165) is 50.1 Å². The van der Waals surface area contributed by atoms with Crippen LogP contribution in [0.4, 0.5) is 0 Å². The van der Waals surface area contributed by atoms with Gasteiger partial charge in [0, 0.05) is 40.8 Å². The molecule has 0 unspecified atom stereocenters. The molecule has 2 aromatic heterocycles. The molecule has 262 valence electrons. The van der Waals surface area contributed by atoms with Gasteiger partial charge in [0.2, 0.25) is 0 Å². The normalized spacial score (nSPS) is 13.1. The molecule has 0 spiro atoms. The predicted octanol–water partition coefficient (Wildman–Crippen LogP) is 11.2. The molecule has 0 saturated heterocycles. The number of benzene rings is 6. The molecule has 0 fully saturated rings. The minimum Gasteiger partial charge on any atom is -0.404 e. The Labute approximate surface area is 321 Å². The molecule has 5 nitrogen and oxygen atoms in total. The molecule has 5 heteroatoms. The van der Waals surface area contributed by atoms with Gasteiger partial charge in [-0.05, 0) is 75.2 Å². The summed E-state index contributed by atoms with van der Waals surface area (Å²) in [5.41, 5.74) is 19.3. The number of aromatic nitrogens is 4. The van der Waals surface area contributed by atoms with Crippen LogP contribution in [-0.2, 0) is 5.41 Å². The minimum absolute atomic E-state index is 0.548. The Morgan fingerprint density at radius 1 is 0.527 bits per heavy atom. The highest BCUT2D eigenvalue weighted by Crippen LogP contribution is 2.58. The van der Waals surface area contributed by atoms with Crippen molar-refractivity contribution in [2.24, 2.45) is 5.73 Å². The van der Waals surface area contributed by atoms with Gasteiger partial charge in [-0.3, -0.25) is 4.98 Å². The summed E-state index contributed by atoms with van der Waals surface area (Å²) in [6.45, 7) is 1.98. The topological polar surface area (TPSA) is 77.6 Å².